The molecular weight excluding hydrogens is 388 g/mol. The summed E-state index contributed by atoms with van der Waals surface area (Å²) < 4.78 is 12.8. The van der Waals surface area contributed by atoms with Crippen LogP contribution in [0.5, 0.6) is 11.5 Å². The van der Waals surface area contributed by atoms with E-state index in [4.69, 9.17) is 9.47 Å². The Morgan fingerprint density at radius 1 is 0.833 bits per heavy atom. The van der Waals surface area contributed by atoms with Crippen LogP contribution >= 0.6 is 11.8 Å². The first-order valence-electron chi connectivity index (χ1n) is 10.8. The molecule has 1 unspecified atom stereocenters. The first kappa shape index (κ1) is 22.6. The first-order chi connectivity index (χ1) is 14.3. The maximum absolute atomic E-state index is 6.75. The zero-order valence-electron chi connectivity index (χ0n) is 18.9. The van der Waals surface area contributed by atoms with Crippen molar-refractivity contribution in [2.75, 3.05) is 11.5 Å². The van der Waals surface area contributed by atoms with E-state index in [0.29, 0.717) is 0 Å². The maximum Gasteiger partial charge on any atom is 0.127 e. The molecule has 3 rings (SSSR count). The molecule has 0 aliphatic rings. The monoisotopic (exact) mass is 422 g/mol. The molecule has 0 amide bonds. The lowest BCUT2D eigenvalue weighted by Gasteiger charge is -2.32. The molecule has 3 aromatic rings. The van der Waals surface area contributed by atoms with Crippen molar-refractivity contribution in [3.63, 3.8) is 0 Å². The van der Waals surface area contributed by atoms with Crippen LogP contribution in [0.2, 0.25) is 0 Å². The molecule has 0 spiro atoms. The second kappa shape index (κ2) is 9.78. The van der Waals surface area contributed by atoms with Gasteiger partial charge in [-0.3, -0.25) is 0 Å². The van der Waals surface area contributed by atoms with Crippen molar-refractivity contribution in [3.8, 4) is 11.5 Å². The number of ether oxygens (including phenoxy) is 2. The molecule has 3 heteroatoms. The number of benzene rings is 3. The second-order valence-electron chi connectivity index (χ2n) is 9.01. The molecule has 0 N–H and O–H groups in total. The third kappa shape index (κ3) is 6.43. The van der Waals surface area contributed by atoms with Crippen molar-refractivity contribution in [2.24, 2.45) is 0 Å². The van der Waals surface area contributed by atoms with E-state index in [-0.39, 0.29) is 11.2 Å². The Hall–Kier alpha value is -2.13. The van der Waals surface area contributed by atoms with Crippen molar-refractivity contribution in [1.82, 2.24) is 0 Å². The van der Waals surface area contributed by atoms with Gasteiger partial charge < -0.3 is 9.47 Å². The van der Waals surface area contributed by atoms with Gasteiger partial charge in [0.25, 0.3) is 0 Å². The Balaban J connectivity index is 1.87. The van der Waals surface area contributed by atoms with Crippen LogP contribution in [0, 0.1) is 0 Å². The molecule has 1 atom stereocenters. The standard InChI is InChI=1S/C27H34O2S/c1-6-30-18-17-27(5,20-21-11-9-14-23(19-21)28-26(2,3)4)29-25-16-10-13-22-12-7-8-15-24(22)25/h7-16,19H,6,17-18,20H2,1-5H3. The van der Waals surface area contributed by atoms with Crippen molar-refractivity contribution in [2.45, 2.75) is 58.7 Å². The summed E-state index contributed by atoms with van der Waals surface area (Å²) in [5.41, 5.74) is 0.729. The predicted molar refractivity (Wildman–Crippen MR) is 131 cm³/mol. The van der Waals surface area contributed by atoms with Crippen LogP contribution in [-0.2, 0) is 6.42 Å². The third-order valence-electron chi connectivity index (χ3n) is 4.99. The van der Waals surface area contributed by atoms with Crippen LogP contribution in [0.3, 0.4) is 0 Å². The van der Waals surface area contributed by atoms with Gasteiger partial charge in [-0.25, -0.2) is 0 Å². The second-order valence-corrected chi connectivity index (χ2v) is 10.4. The van der Waals surface area contributed by atoms with Gasteiger partial charge in [-0.05, 0) is 74.8 Å². The Morgan fingerprint density at radius 2 is 1.57 bits per heavy atom. The van der Waals surface area contributed by atoms with E-state index in [1.165, 1.54) is 16.3 Å². The smallest absolute Gasteiger partial charge is 0.127 e. The van der Waals surface area contributed by atoms with Gasteiger partial charge in [-0.15, -0.1) is 0 Å². The average Bonchev–Trinajstić information content (AvgIpc) is 2.67. The lowest BCUT2D eigenvalue weighted by molar-refractivity contribution is 0.0876. The minimum absolute atomic E-state index is 0.209. The maximum atomic E-state index is 6.75. The highest BCUT2D eigenvalue weighted by Crippen LogP contribution is 2.33. The molecular formula is C27H34O2S. The largest absolute Gasteiger partial charge is 0.488 e. The number of hydrogen-bond acceptors (Lipinski definition) is 3. The Labute approximate surface area is 186 Å². The summed E-state index contributed by atoms with van der Waals surface area (Å²) in [7, 11) is 0. The normalized spacial score (nSPS) is 13.8. The first-order valence-corrected chi connectivity index (χ1v) is 12.0. The molecule has 160 valence electrons. The van der Waals surface area contributed by atoms with Gasteiger partial charge in [-0.2, -0.15) is 11.8 Å². The Kier molecular flexibility index (Phi) is 7.36. The SMILES string of the molecule is CCSCCC(C)(Cc1cccc(OC(C)(C)C)c1)Oc1cccc2ccccc12. The molecule has 2 nitrogen and oxygen atoms in total. The van der Waals surface area contributed by atoms with Crippen LogP contribution in [-0.4, -0.2) is 22.7 Å². The summed E-state index contributed by atoms with van der Waals surface area (Å²) in [6.45, 7) is 10.7. The van der Waals surface area contributed by atoms with E-state index in [1.807, 2.05) is 17.8 Å². The highest BCUT2D eigenvalue weighted by atomic mass is 32.2. The van der Waals surface area contributed by atoms with Crippen molar-refractivity contribution in [1.29, 1.82) is 0 Å². The van der Waals surface area contributed by atoms with Crippen LogP contribution in [0.1, 0.15) is 46.6 Å². The Morgan fingerprint density at radius 3 is 2.33 bits per heavy atom. The zero-order valence-corrected chi connectivity index (χ0v) is 19.7. The molecule has 0 fully saturated rings. The quantitative estimate of drug-likeness (QED) is 0.332. The summed E-state index contributed by atoms with van der Waals surface area (Å²) in [4.78, 5) is 0. The lowest BCUT2D eigenvalue weighted by atomic mass is 9.93. The highest BCUT2D eigenvalue weighted by Gasteiger charge is 2.28. The summed E-state index contributed by atoms with van der Waals surface area (Å²) in [5.74, 6) is 4.07. The number of rotatable bonds is 9. The van der Waals surface area contributed by atoms with E-state index in [1.54, 1.807) is 0 Å². The van der Waals surface area contributed by atoms with Gasteiger partial charge in [0, 0.05) is 11.8 Å². The molecule has 0 saturated heterocycles. The molecule has 0 aliphatic carbocycles. The van der Waals surface area contributed by atoms with Crippen LogP contribution in [0.25, 0.3) is 10.8 Å². The summed E-state index contributed by atoms with van der Waals surface area (Å²) in [6.07, 6.45) is 1.82. The van der Waals surface area contributed by atoms with Crippen molar-refractivity contribution in [3.05, 3.63) is 72.3 Å². The Bertz CT molecular complexity index is 955. The lowest BCUT2D eigenvalue weighted by Crippen LogP contribution is -2.36. The number of fused-ring (bicyclic) bond motifs is 1. The fourth-order valence-electron chi connectivity index (χ4n) is 3.66. The van der Waals surface area contributed by atoms with E-state index in [9.17, 15) is 0 Å². The summed E-state index contributed by atoms with van der Waals surface area (Å²) >= 11 is 1.97. The minimum Gasteiger partial charge on any atom is -0.488 e. The topological polar surface area (TPSA) is 18.5 Å². The van der Waals surface area contributed by atoms with E-state index in [2.05, 4.69) is 95.3 Å². The van der Waals surface area contributed by atoms with Crippen LogP contribution in [0.4, 0.5) is 0 Å². The predicted octanol–water partition coefficient (Wildman–Crippen LogP) is 7.54. The van der Waals surface area contributed by atoms with Gasteiger partial charge in [0.15, 0.2) is 0 Å². The van der Waals surface area contributed by atoms with Crippen LogP contribution in [0.15, 0.2) is 66.7 Å². The van der Waals surface area contributed by atoms with E-state index < -0.39 is 0 Å². The molecule has 0 bridgehead atoms. The number of hydrogen-bond donors (Lipinski definition) is 0. The van der Waals surface area contributed by atoms with E-state index >= 15 is 0 Å². The zero-order chi connectivity index (χ0) is 21.6. The fraction of sp³-hybridized carbons (Fsp3) is 0.407. The van der Waals surface area contributed by atoms with Crippen LogP contribution < -0.4 is 9.47 Å². The van der Waals surface area contributed by atoms with E-state index in [0.717, 1.165) is 35.8 Å². The van der Waals surface area contributed by atoms with Crippen molar-refractivity contribution < 1.29 is 9.47 Å². The molecule has 0 aliphatic heterocycles. The van der Waals surface area contributed by atoms with Gasteiger partial charge >= 0.3 is 0 Å². The average molecular weight is 423 g/mol. The molecule has 0 radical (unpaired) electrons. The summed E-state index contributed by atoms with van der Waals surface area (Å²) in [6, 6.07) is 23.2. The van der Waals surface area contributed by atoms with Crippen molar-refractivity contribution >= 4 is 22.5 Å². The molecule has 30 heavy (non-hydrogen) atoms. The van der Waals surface area contributed by atoms with Gasteiger partial charge in [0.05, 0.1) is 0 Å². The number of thioether (sulfide) groups is 1. The van der Waals surface area contributed by atoms with Gasteiger partial charge in [-0.1, -0.05) is 55.5 Å². The molecule has 3 aromatic carbocycles. The van der Waals surface area contributed by atoms with Gasteiger partial charge in [0.1, 0.15) is 22.7 Å². The molecule has 0 aromatic heterocycles. The van der Waals surface area contributed by atoms with Gasteiger partial charge in [0.2, 0.25) is 0 Å². The molecule has 0 heterocycles. The minimum atomic E-state index is -0.299. The summed E-state index contributed by atoms with van der Waals surface area (Å²) in [5, 5.41) is 2.38. The molecule has 0 saturated carbocycles. The third-order valence-corrected chi connectivity index (χ3v) is 5.89. The highest BCUT2D eigenvalue weighted by molar-refractivity contribution is 7.99. The fourth-order valence-corrected chi connectivity index (χ4v) is 4.53.